The van der Waals surface area contributed by atoms with Crippen LogP contribution in [-0.4, -0.2) is 20.6 Å². The maximum Gasteiger partial charge on any atom is 0.303 e. The quantitative estimate of drug-likeness (QED) is 0.731. The summed E-state index contributed by atoms with van der Waals surface area (Å²) in [4.78, 5) is 14.2. The molecule has 0 aromatic carbocycles. The molecule has 4 heteroatoms. The predicted octanol–water partition coefficient (Wildman–Crippen LogP) is 1.06. The van der Waals surface area contributed by atoms with Gasteiger partial charge in [0.25, 0.3) is 0 Å². The smallest absolute Gasteiger partial charge is 0.303 e. The highest BCUT2D eigenvalue weighted by Crippen LogP contribution is 1.99. The largest absolute Gasteiger partial charge is 0.481 e. The summed E-state index contributed by atoms with van der Waals surface area (Å²) in [5.41, 5.74) is 0. The Morgan fingerprint density at radius 2 is 2.50 bits per heavy atom. The van der Waals surface area contributed by atoms with E-state index in [1.165, 1.54) is 0 Å². The first-order chi connectivity index (χ1) is 5.70. The lowest BCUT2D eigenvalue weighted by Gasteiger charge is -2.01. The molecule has 1 N–H and O–H groups in total. The highest BCUT2D eigenvalue weighted by atomic mass is 16.4. The van der Waals surface area contributed by atoms with Crippen molar-refractivity contribution >= 4 is 5.97 Å². The molecule has 0 saturated heterocycles. The second kappa shape index (κ2) is 3.90. The number of carboxylic acids is 1. The van der Waals surface area contributed by atoms with E-state index in [0.29, 0.717) is 6.42 Å². The predicted molar refractivity (Wildman–Crippen MR) is 43.8 cm³/mol. The van der Waals surface area contributed by atoms with Crippen LogP contribution >= 0.6 is 0 Å². The molecule has 66 valence electrons. The number of imidazole rings is 1. The van der Waals surface area contributed by atoms with Crippen LogP contribution in [0.1, 0.15) is 18.7 Å². The van der Waals surface area contributed by atoms with Crippen molar-refractivity contribution in [1.82, 2.24) is 9.55 Å². The lowest BCUT2D eigenvalue weighted by atomic mass is 10.3. The van der Waals surface area contributed by atoms with Crippen LogP contribution in [-0.2, 0) is 11.3 Å². The van der Waals surface area contributed by atoms with Crippen molar-refractivity contribution < 1.29 is 9.90 Å². The molecule has 0 spiro atoms. The van der Waals surface area contributed by atoms with Gasteiger partial charge in [-0.3, -0.25) is 4.79 Å². The van der Waals surface area contributed by atoms with E-state index in [0.717, 1.165) is 12.4 Å². The highest BCUT2D eigenvalue weighted by molar-refractivity contribution is 5.66. The van der Waals surface area contributed by atoms with Gasteiger partial charge in [-0.05, 0) is 13.3 Å². The molecule has 4 nitrogen and oxygen atoms in total. The van der Waals surface area contributed by atoms with Crippen LogP contribution in [0.5, 0.6) is 0 Å². The molecule has 12 heavy (non-hydrogen) atoms. The fourth-order valence-corrected chi connectivity index (χ4v) is 1.04. The van der Waals surface area contributed by atoms with E-state index in [1.807, 2.05) is 17.7 Å². The van der Waals surface area contributed by atoms with Crippen LogP contribution in [0.3, 0.4) is 0 Å². The molecule has 0 aliphatic heterocycles. The topological polar surface area (TPSA) is 55.1 Å². The Balaban J connectivity index is 2.33. The minimum atomic E-state index is -0.743. The SMILES string of the molecule is Cc1nccn1CCCC(=O)O. The number of aliphatic carboxylic acids is 1. The van der Waals surface area contributed by atoms with Gasteiger partial charge >= 0.3 is 5.97 Å². The molecule has 1 aromatic heterocycles. The third-order valence-corrected chi connectivity index (χ3v) is 1.71. The summed E-state index contributed by atoms with van der Waals surface area (Å²) < 4.78 is 1.95. The van der Waals surface area contributed by atoms with E-state index in [1.54, 1.807) is 6.20 Å². The summed E-state index contributed by atoms with van der Waals surface area (Å²) in [5, 5.41) is 8.39. The van der Waals surface area contributed by atoms with E-state index >= 15 is 0 Å². The number of rotatable bonds is 4. The first kappa shape index (κ1) is 8.77. The van der Waals surface area contributed by atoms with Crippen molar-refractivity contribution in [2.24, 2.45) is 0 Å². The van der Waals surface area contributed by atoms with Gasteiger partial charge in [-0.25, -0.2) is 4.98 Å². The van der Waals surface area contributed by atoms with Crippen LogP contribution in [0.4, 0.5) is 0 Å². The van der Waals surface area contributed by atoms with Gasteiger partial charge in [0, 0.05) is 25.4 Å². The van der Waals surface area contributed by atoms with Gasteiger partial charge in [0.15, 0.2) is 0 Å². The van der Waals surface area contributed by atoms with Crippen LogP contribution in [0.25, 0.3) is 0 Å². The molecule has 1 rings (SSSR count). The second-order valence-electron chi connectivity index (χ2n) is 2.67. The van der Waals surface area contributed by atoms with Gasteiger partial charge in [-0.2, -0.15) is 0 Å². The fraction of sp³-hybridized carbons (Fsp3) is 0.500. The zero-order valence-corrected chi connectivity index (χ0v) is 7.03. The van der Waals surface area contributed by atoms with Gasteiger partial charge in [0.2, 0.25) is 0 Å². The van der Waals surface area contributed by atoms with E-state index in [-0.39, 0.29) is 6.42 Å². The van der Waals surface area contributed by atoms with Crippen molar-refractivity contribution in [3.05, 3.63) is 18.2 Å². The molecule has 1 heterocycles. The monoisotopic (exact) mass is 168 g/mol. The maximum atomic E-state index is 10.2. The Labute approximate surface area is 70.9 Å². The number of aryl methyl sites for hydroxylation is 2. The van der Waals surface area contributed by atoms with Gasteiger partial charge in [-0.1, -0.05) is 0 Å². The normalized spacial score (nSPS) is 10.1. The molecule has 0 saturated carbocycles. The molecular weight excluding hydrogens is 156 g/mol. The summed E-state index contributed by atoms with van der Waals surface area (Å²) in [5.74, 6) is 0.188. The van der Waals surface area contributed by atoms with Crippen LogP contribution in [0.15, 0.2) is 12.4 Å². The summed E-state index contributed by atoms with van der Waals surface area (Å²) in [6, 6.07) is 0. The average Bonchev–Trinajstić information content (AvgIpc) is 2.36. The van der Waals surface area contributed by atoms with Crippen LogP contribution < -0.4 is 0 Å². The third-order valence-electron chi connectivity index (χ3n) is 1.71. The molecule has 0 aliphatic carbocycles. The Morgan fingerprint density at radius 1 is 1.75 bits per heavy atom. The van der Waals surface area contributed by atoms with Crippen molar-refractivity contribution in [3.8, 4) is 0 Å². The molecule has 0 fully saturated rings. The standard InChI is InChI=1S/C8H12N2O2/c1-7-9-4-6-10(7)5-2-3-8(11)12/h4,6H,2-3,5H2,1H3,(H,11,12). The Bertz CT molecular complexity index is 268. The summed E-state index contributed by atoms with van der Waals surface area (Å²) in [6.45, 7) is 2.64. The van der Waals surface area contributed by atoms with Gasteiger partial charge < -0.3 is 9.67 Å². The minimum absolute atomic E-state index is 0.220. The van der Waals surface area contributed by atoms with Gasteiger partial charge in [0.1, 0.15) is 5.82 Å². The summed E-state index contributed by atoms with van der Waals surface area (Å²) >= 11 is 0. The minimum Gasteiger partial charge on any atom is -0.481 e. The van der Waals surface area contributed by atoms with Crippen molar-refractivity contribution in [2.45, 2.75) is 26.3 Å². The molecule has 0 bridgehead atoms. The Kier molecular flexibility index (Phi) is 2.85. The van der Waals surface area contributed by atoms with Crippen LogP contribution in [0.2, 0.25) is 0 Å². The zero-order chi connectivity index (χ0) is 8.97. The average molecular weight is 168 g/mol. The molecule has 0 amide bonds. The number of hydrogen-bond acceptors (Lipinski definition) is 2. The van der Waals surface area contributed by atoms with Crippen molar-refractivity contribution in [1.29, 1.82) is 0 Å². The lowest BCUT2D eigenvalue weighted by Crippen LogP contribution is -2.02. The number of carbonyl (C=O) groups is 1. The molecular formula is C8H12N2O2. The zero-order valence-electron chi connectivity index (χ0n) is 7.03. The molecule has 0 radical (unpaired) electrons. The first-order valence-electron chi connectivity index (χ1n) is 3.89. The molecule has 0 unspecified atom stereocenters. The number of aromatic nitrogens is 2. The molecule has 0 aliphatic rings. The molecule has 1 aromatic rings. The van der Waals surface area contributed by atoms with Gasteiger partial charge in [0.05, 0.1) is 0 Å². The number of nitrogens with zero attached hydrogens (tertiary/aromatic N) is 2. The second-order valence-corrected chi connectivity index (χ2v) is 2.67. The van der Waals surface area contributed by atoms with E-state index in [9.17, 15) is 4.79 Å². The van der Waals surface area contributed by atoms with E-state index in [2.05, 4.69) is 4.98 Å². The Hall–Kier alpha value is -1.32. The highest BCUT2D eigenvalue weighted by Gasteiger charge is 1.99. The molecule has 0 atom stereocenters. The third kappa shape index (κ3) is 2.38. The fourth-order valence-electron chi connectivity index (χ4n) is 1.04. The van der Waals surface area contributed by atoms with Gasteiger partial charge in [-0.15, -0.1) is 0 Å². The summed E-state index contributed by atoms with van der Waals surface area (Å²) in [7, 11) is 0. The van der Waals surface area contributed by atoms with Crippen molar-refractivity contribution in [3.63, 3.8) is 0 Å². The first-order valence-corrected chi connectivity index (χ1v) is 3.89. The van der Waals surface area contributed by atoms with Crippen LogP contribution in [0, 0.1) is 6.92 Å². The maximum absolute atomic E-state index is 10.2. The summed E-state index contributed by atoms with van der Waals surface area (Å²) in [6.07, 6.45) is 4.46. The number of hydrogen-bond donors (Lipinski definition) is 1. The number of carboxylic acid groups (broad SMARTS) is 1. The van der Waals surface area contributed by atoms with E-state index in [4.69, 9.17) is 5.11 Å². The van der Waals surface area contributed by atoms with E-state index < -0.39 is 5.97 Å². The lowest BCUT2D eigenvalue weighted by molar-refractivity contribution is -0.137. The Morgan fingerprint density at radius 3 is 3.00 bits per heavy atom. The van der Waals surface area contributed by atoms with Crippen molar-refractivity contribution in [2.75, 3.05) is 0 Å².